The van der Waals surface area contributed by atoms with E-state index in [1.165, 1.54) is 20.1 Å². The summed E-state index contributed by atoms with van der Waals surface area (Å²) >= 11 is 0. The van der Waals surface area contributed by atoms with Gasteiger partial charge in [0.05, 0.1) is 13.7 Å². The summed E-state index contributed by atoms with van der Waals surface area (Å²) in [6, 6.07) is 5.17. The van der Waals surface area contributed by atoms with Crippen LogP contribution in [0, 0.1) is 5.92 Å². The van der Waals surface area contributed by atoms with E-state index < -0.39 is 11.9 Å². The van der Waals surface area contributed by atoms with Crippen LogP contribution in [0.15, 0.2) is 23.9 Å². The first-order valence-corrected chi connectivity index (χ1v) is 7.37. The number of para-hydroxylation sites is 1. The Labute approximate surface area is 136 Å². The van der Waals surface area contributed by atoms with Gasteiger partial charge in [-0.15, -0.1) is 0 Å². The smallest absolute Gasteiger partial charge is 0.352 e. The van der Waals surface area contributed by atoms with Gasteiger partial charge in [0.25, 0.3) is 0 Å². The van der Waals surface area contributed by atoms with E-state index in [0.29, 0.717) is 29.6 Å². The number of methoxy groups -OCH3 is 1. The van der Waals surface area contributed by atoms with Crippen molar-refractivity contribution in [3.63, 3.8) is 0 Å². The van der Waals surface area contributed by atoms with Crippen molar-refractivity contribution in [2.75, 3.05) is 13.7 Å². The molecule has 2 N–H and O–H groups in total. The highest BCUT2D eigenvalue weighted by molar-refractivity contribution is 5.96. The van der Waals surface area contributed by atoms with Gasteiger partial charge in [-0.25, -0.2) is 4.79 Å². The van der Waals surface area contributed by atoms with E-state index in [9.17, 15) is 14.7 Å². The Balaban J connectivity index is 3.17. The molecule has 0 aromatic heterocycles. The number of rotatable bonds is 8. The average Bonchev–Trinajstić information content (AvgIpc) is 2.46. The van der Waals surface area contributed by atoms with Gasteiger partial charge in [0.2, 0.25) is 5.91 Å². The summed E-state index contributed by atoms with van der Waals surface area (Å²) in [5, 5.41) is 11.5. The van der Waals surface area contributed by atoms with Crippen molar-refractivity contribution in [1.29, 1.82) is 0 Å². The van der Waals surface area contributed by atoms with Crippen molar-refractivity contribution in [2.45, 2.75) is 27.2 Å². The lowest BCUT2D eigenvalue weighted by Gasteiger charge is -2.15. The van der Waals surface area contributed by atoms with E-state index in [0.717, 1.165) is 6.42 Å². The molecular weight excluding hydrogens is 298 g/mol. The minimum Gasteiger partial charge on any atom is -0.493 e. The standard InChI is InChI=1S/C17H23NO5/c1-11(2)8-9-23-16-13(6-5-7-15(16)22-4)10-14(17(20)21)18-12(3)19/h5-7,10-11H,8-9H2,1-4H3,(H,18,19)(H,20,21)/b14-10-. The van der Waals surface area contributed by atoms with Crippen molar-refractivity contribution in [1.82, 2.24) is 5.32 Å². The lowest BCUT2D eigenvalue weighted by Crippen LogP contribution is -2.24. The van der Waals surface area contributed by atoms with Crippen molar-refractivity contribution >= 4 is 18.0 Å². The van der Waals surface area contributed by atoms with Gasteiger partial charge in [0, 0.05) is 12.5 Å². The van der Waals surface area contributed by atoms with Crippen LogP contribution in [0.3, 0.4) is 0 Å². The molecule has 0 heterocycles. The maximum atomic E-state index is 11.3. The molecule has 0 radical (unpaired) electrons. The van der Waals surface area contributed by atoms with Crippen LogP contribution in [-0.4, -0.2) is 30.7 Å². The molecule has 6 nitrogen and oxygen atoms in total. The molecule has 0 fully saturated rings. The molecule has 0 aliphatic carbocycles. The first-order valence-electron chi connectivity index (χ1n) is 7.37. The summed E-state index contributed by atoms with van der Waals surface area (Å²) in [4.78, 5) is 22.4. The molecule has 0 aliphatic heterocycles. The van der Waals surface area contributed by atoms with Crippen LogP contribution in [-0.2, 0) is 9.59 Å². The lowest BCUT2D eigenvalue weighted by molar-refractivity contribution is -0.134. The van der Waals surface area contributed by atoms with Crippen LogP contribution in [0.1, 0.15) is 32.8 Å². The van der Waals surface area contributed by atoms with E-state index in [2.05, 4.69) is 19.2 Å². The van der Waals surface area contributed by atoms with Gasteiger partial charge >= 0.3 is 5.97 Å². The first-order chi connectivity index (χ1) is 10.8. The van der Waals surface area contributed by atoms with Crippen LogP contribution in [0.2, 0.25) is 0 Å². The van der Waals surface area contributed by atoms with Crippen LogP contribution in [0.4, 0.5) is 0 Å². The second kappa shape index (κ2) is 8.82. The van der Waals surface area contributed by atoms with E-state index in [1.54, 1.807) is 18.2 Å². The normalized spacial score (nSPS) is 11.3. The van der Waals surface area contributed by atoms with Crippen LogP contribution in [0.5, 0.6) is 11.5 Å². The fourth-order valence-corrected chi connectivity index (χ4v) is 1.85. The van der Waals surface area contributed by atoms with E-state index in [1.807, 2.05) is 0 Å². The van der Waals surface area contributed by atoms with Gasteiger partial charge in [-0.05, 0) is 24.5 Å². The Hall–Kier alpha value is -2.50. The predicted molar refractivity (Wildman–Crippen MR) is 87.4 cm³/mol. The summed E-state index contributed by atoms with van der Waals surface area (Å²) < 4.78 is 11.1. The highest BCUT2D eigenvalue weighted by atomic mass is 16.5. The van der Waals surface area contributed by atoms with E-state index in [4.69, 9.17) is 9.47 Å². The van der Waals surface area contributed by atoms with Crippen LogP contribution >= 0.6 is 0 Å². The number of nitrogens with one attached hydrogen (secondary N) is 1. The fourth-order valence-electron chi connectivity index (χ4n) is 1.85. The van der Waals surface area contributed by atoms with Gasteiger partial charge in [0.1, 0.15) is 5.70 Å². The number of ether oxygens (including phenoxy) is 2. The molecular formula is C17H23NO5. The molecule has 23 heavy (non-hydrogen) atoms. The minimum absolute atomic E-state index is 0.223. The molecule has 0 saturated heterocycles. The number of carbonyl (C=O) groups excluding carboxylic acids is 1. The third kappa shape index (κ3) is 6.02. The zero-order chi connectivity index (χ0) is 17.4. The molecule has 1 rings (SSSR count). The summed E-state index contributed by atoms with van der Waals surface area (Å²) in [5.41, 5.74) is 0.304. The van der Waals surface area contributed by atoms with Gasteiger partial charge in [0.15, 0.2) is 11.5 Å². The summed E-state index contributed by atoms with van der Waals surface area (Å²) in [7, 11) is 1.52. The average molecular weight is 321 g/mol. The SMILES string of the molecule is COc1cccc(/C=C(\NC(C)=O)C(=O)O)c1OCCC(C)C. The van der Waals surface area contributed by atoms with Crippen molar-refractivity contribution in [2.24, 2.45) is 5.92 Å². The number of hydrogen-bond acceptors (Lipinski definition) is 4. The van der Waals surface area contributed by atoms with Gasteiger partial charge < -0.3 is 19.9 Å². The summed E-state index contributed by atoms with van der Waals surface area (Å²) in [5.74, 6) is -0.229. The predicted octanol–water partition coefficient (Wildman–Crippen LogP) is 2.68. The van der Waals surface area contributed by atoms with Crippen molar-refractivity contribution < 1.29 is 24.2 Å². The molecule has 126 valence electrons. The number of carbonyl (C=O) groups is 2. The molecule has 6 heteroatoms. The highest BCUT2D eigenvalue weighted by Crippen LogP contribution is 2.32. The molecule has 1 amide bonds. The lowest BCUT2D eigenvalue weighted by atomic mass is 10.1. The number of amides is 1. The maximum absolute atomic E-state index is 11.3. The molecule has 1 aromatic carbocycles. The van der Waals surface area contributed by atoms with Gasteiger partial charge in [-0.1, -0.05) is 26.0 Å². The summed E-state index contributed by atoms with van der Waals surface area (Å²) in [6.07, 6.45) is 2.22. The molecule has 0 atom stereocenters. The number of benzene rings is 1. The minimum atomic E-state index is -1.23. The Morgan fingerprint density at radius 1 is 1.35 bits per heavy atom. The Bertz CT molecular complexity index is 593. The molecule has 0 spiro atoms. The molecule has 0 saturated carbocycles. The zero-order valence-electron chi connectivity index (χ0n) is 13.9. The van der Waals surface area contributed by atoms with Crippen LogP contribution in [0.25, 0.3) is 6.08 Å². The second-order valence-corrected chi connectivity index (χ2v) is 5.45. The number of aliphatic carboxylic acids is 1. The molecule has 1 aromatic rings. The van der Waals surface area contributed by atoms with Crippen LogP contribution < -0.4 is 14.8 Å². The maximum Gasteiger partial charge on any atom is 0.352 e. The summed E-state index contributed by atoms with van der Waals surface area (Å²) in [6.45, 7) is 5.92. The molecule has 0 unspecified atom stereocenters. The molecule has 0 aliphatic rings. The van der Waals surface area contributed by atoms with Gasteiger partial charge in [-0.2, -0.15) is 0 Å². The fraction of sp³-hybridized carbons (Fsp3) is 0.412. The number of carboxylic acid groups (broad SMARTS) is 1. The quantitative estimate of drug-likeness (QED) is 0.719. The number of hydrogen-bond donors (Lipinski definition) is 2. The Morgan fingerprint density at radius 3 is 2.57 bits per heavy atom. The topological polar surface area (TPSA) is 84.9 Å². The Kier molecular flexibility index (Phi) is 7.12. The second-order valence-electron chi connectivity index (χ2n) is 5.45. The first kappa shape index (κ1) is 18.5. The highest BCUT2D eigenvalue weighted by Gasteiger charge is 2.14. The molecule has 0 bridgehead atoms. The zero-order valence-corrected chi connectivity index (χ0v) is 13.9. The number of carboxylic acids is 1. The third-order valence-corrected chi connectivity index (χ3v) is 3.01. The third-order valence-electron chi connectivity index (χ3n) is 3.01. The van der Waals surface area contributed by atoms with E-state index >= 15 is 0 Å². The van der Waals surface area contributed by atoms with Crippen molar-refractivity contribution in [3.8, 4) is 11.5 Å². The Morgan fingerprint density at radius 2 is 2.04 bits per heavy atom. The monoisotopic (exact) mass is 321 g/mol. The van der Waals surface area contributed by atoms with E-state index in [-0.39, 0.29) is 5.70 Å². The largest absolute Gasteiger partial charge is 0.493 e. The van der Waals surface area contributed by atoms with Crippen molar-refractivity contribution in [3.05, 3.63) is 29.5 Å². The van der Waals surface area contributed by atoms with Gasteiger partial charge in [-0.3, -0.25) is 4.79 Å².